The van der Waals surface area contributed by atoms with E-state index < -0.39 is 14.2 Å². The molecule has 0 aliphatic rings. The topological polar surface area (TPSA) is 108 Å². The summed E-state index contributed by atoms with van der Waals surface area (Å²) in [5, 5.41) is 7.28. The van der Waals surface area contributed by atoms with Gasteiger partial charge in [-0.3, -0.25) is 9.48 Å². The molecule has 4 aromatic rings. The second kappa shape index (κ2) is 9.63. The number of anilines is 1. The molecule has 0 spiro atoms. The maximum absolute atomic E-state index is 12.8. The van der Waals surface area contributed by atoms with Gasteiger partial charge in [0.05, 0.1) is 6.20 Å². The molecule has 4 rings (SSSR count). The first-order chi connectivity index (χ1) is 16.5. The molecule has 184 valence electrons. The number of aromatic nitrogens is 4. The van der Waals surface area contributed by atoms with Crippen LogP contribution in [0.3, 0.4) is 0 Å². The first kappa shape index (κ1) is 24.6. The SMILES string of the molecule is CC(O[Si](C)(C)C(C)(C)C)c1ncc(Cn2ccc(NC(=O)c3ncoc3-c3ccccc3)n2)o1. The fourth-order valence-corrected chi connectivity index (χ4v) is 4.64. The van der Waals surface area contributed by atoms with E-state index in [1.165, 1.54) is 6.39 Å². The van der Waals surface area contributed by atoms with E-state index in [1.807, 2.05) is 37.3 Å². The van der Waals surface area contributed by atoms with Crippen molar-refractivity contribution >= 4 is 20.0 Å². The Morgan fingerprint density at radius 1 is 1.17 bits per heavy atom. The van der Waals surface area contributed by atoms with E-state index in [0.29, 0.717) is 29.8 Å². The Morgan fingerprint density at radius 3 is 2.63 bits per heavy atom. The predicted octanol–water partition coefficient (Wildman–Crippen LogP) is 5.91. The Hall–Kier alpha value is -3.50. The van der Waals surface area contributed by atoms with Crippen LogP contribution in [0.15, 0.2) is 64.0 Å². The standard InChI is InChI=1S/C25H31N5O4Si/c1-17(34-35(5,6)25(2,3)4)24-26-14-19(33-24)15-30-13-12-20(29-30)28-23(31)21-22(32-16-27-21)18-10-8-7-9-11-18/h7-14,16-17H,15H2,1-6H3,(H,28,29,31). The maximum atomic E-state index is 12.8. The zero-order chi connectivity index (χ0) is 25.2. The molecular formula is C25H31N5O4Si. The number of hydrogen-bond donors (Lipinski definition) is 1. The molecule has 35 heavy (non-hydrogen) atoms. The van der Waals surface area contributed by atoms with E-state index in [9.17, 15) is 4.79 Å². The van der Waals surface area contributed by atoms with E-state index in [-0.39, 0.29) is 16.8 Å². The van der Waals surface area contributed by atoms with Gasteiger partial charge in [-0.1, -0.05) is 51.1 Å². The summed E-state index contributed by atoms with van der Waals surface area (Å²) >= 11 is 0. The molecule has 0 fully saturated rings. The van der Waals surface area contributed by atoms with Crippen molar-refractivity contribution in [2.24, 2.45) is 0 Å². The quantitative estimate of drug-likeness (QED) is 0.304. The van der Waals surface area contributed by atoms with Gasteiger partial charge < -0.3 is 18.6 Å². The predicted molar refractivity (Wildman–Crippen MR) is 134 cm³/mol. The second-order valence-corrected chi connectivity index (χ2v) is 14.7. The molecule has 1 amide bonds. The largest absolute Gasteiger partial charge is 0.443 e. The zero-order valence-electron chi connectivity index (χ0n) is 20.9. The lowest BCUT2D eigenvalue weighted by atomic mass is 10.1. The number of carbonyl (C=O) groups is 1. The molecule has 9 nitrogen and oxygen atoms in total. The van der Waals surface area contributed by atoms with Crippen LogP contribution in [0.5, 0.6) is 0 Å². The second-order valence-electron chi connectivity index (χ2n) is 9.93. The Bertz CT molecular complexity index is 1290. The summed E-state index contributed by atoms with van der Waals surface area (Å²) < 4.78 is 19.4. The van der Waals surface area contributed by atoms with Crippen LogP contribution in [0, 0.1) is 0 Å². The van der Waals surface area contributed by atoms with Crippen molar-refractivity contribution in [2.45, 2.75) is 58.5 Å². The van der Waals surface area contributed by atoms with Crippen molar-refractivity contribution < 1.29 is 18.1 Å². The van der Waals surface area contributed by atoms with Crippen LogP contribution in [-0.4, -0.2) is 34.0 Å². The van der Waals surface area contributed by atoms with Crippen molar-refractivity contribution in [2.75, 3.05) is 5.32 Å². The Morgan fingerprint density at radius 2 is 1.91 bits per heavy atom. The lowest BCUT2D eigenvalue weighted by Gasteiger charge is -2.37. The highest BCUT2D eigenvalue weighted by Crippen LogP contribution is 2.39. The highest BCUT2D eigenvalue weighted by Gasteiger charge is 2.39. The van der Waals surface area contributed by atoms with Crippen LogP contribution in [0.4, 0.5) is 5.82 Å². The lowest BCUT2D eigenvalue weighted by Crippen LogP contribution is -2.41. The third kappa shape index (κ3) is 5.60. The van der Waals surface area contributed by atoms with Gasteiger partial charge in [-0.05, 0) is 25.1 Å². The molecule has 1 atom stereocenters. The van der Waals surface area contributed by atoms with Crippen LogP contribution < -0.4 is 5.32 Å². The van der Waals surface area contributed by atoms with Gasteiger partial charge in [-0.15, -0.1) is 0 Å². The smallest absolute Gasteiger partial charge is 0.279 e. The number of rotatable bonds is 8. The molecule has 1 unspecified atom stereocenters. The zero-order valence-corrected chi connectivity index (χ0v) is 21.9. The molecule has 3 heterocycles. The maximum Gasteiger partial charge on any atom is 0.279 e. The minimum absolute atomic E-state index is 0.0976. The van der Waals surface area contributed by atoms with Gasteiger partial charge in [0.2, 0.25) is 5.89 Å². The van der Waals surface area contributed by atoms with Crippen molar-refractivity contribution in [3.63, 3.8) is 0 Å². The fraction of sp³-hybridized carbons (Fsp3) is 0.360. The lowest BCUT2D eigenvalue weighted by molar-refractivity contribution is 0.102. The summed E-state index contributed by atoms with van der Waals surface area (Å²) in [6.07, 6.45) is 4.46. The molecule has 0 radical (unpaired) electrons. The molecule has 0 aliphatic heterocycles. The van der Waals surface area contributed by atoms with Crippen LogP contribution in [-0.2, 0) is 11.0 Å². The molecule has 0 saturated carbocycles. The molecule has 10 heteroatoms. The summed E-state index contributed by atoms with van der Waals surface area (Å²) in [6, 6.07) is 11.1. The summed E-state index contributed by atoms with van der Waals surface area (Å²) in [6.45, 7) is 13.3. The van der Waals surface area contributed by atoms with Gasteiger partial charge in [0.25, 0.3) is 5.91 Å². The average molecular weight is 494 g/mol. The highest BCUT2D eigenvalue weighted by molar-refractivity contribution is 6.74. The van der Waals surface area contributed by atoms with Crippen molar-refractivity contribution in [1.82, 2.24) is 19.7 Å². The van der Waals surface area contributed by atoms with Gasteiger partial charge >= 0.3 is 0 Å². The first-order valence-electron chi connectivity index (χ1n) is 11.5. The number of carbonyl (C=O) groups excluding carboxylic acids is 1. The normalized spacial score (nSPS) is 13.1. The fourth-order valence-electron chi connectivity index (χ4n) is 3.31. The Balaban J connectivity index is 1.39. The molecule has 0 saturated heterocycles. The van der Waals surface area contributed by atoms with Gasteiger partial charge in [0, 0.05) is 17.8 Å². The van der Waals surface area contributed by atoms with Crippen molar-refractivity contribution in [3.8, 4) is 11.3 Å². The number of benzene rings is 1. The van der Waals surface area contributed by atoms with Gasteiger partial charge in [-0.2, -0.15) is 5.10 Å². The summed E-state index contributed by atoms with van der Waals surface area (Å²) in [5.74, 6) is 1.60. The van der Waals surface area contributed by atoms with E-state index in [4.69, 9.17) is 13.3 Å². The van der Waals surface area contributed by atoms with Gasteiger partial charge in [0.1, 0.15) is 18.4 Å². The Labute approximate surface area is 205 Å². The number of nitrogens with one attached hydrogen (secondary N) is 1. The van der Waals surface area contributed by atoms with Crippen LogP contribution in [0.1, 0.15) is 55.9 Å². The highest BCUT2D eigenvalue weighted by atomic mass is 28.4. The van der Waals surface area contributed by atoms with E-state index in [1.54, 1.807) is 23.1 Å². The van der Waals surface area contributed by atoms with Crippen LogP contribution in [0.2, 0.25) is 18.1 Å². The van der Waals surface area contributed by atoms with Gasteiger partial charge in [-0.25, -0.2) is 9.97 Å². The molecule has 1 N–H and O–H groups in total. The van der Waals surface area contributed by atoms with Crippen molar-refractivity contribution in [3.05, 3.63) is 72.5 Å². The Kier molecular flexibility index (Phi) is 6.77. The van der Waals surface area contributed by atoms with Crippen LogP contribution in [0.25, 0.3) is 11.3 Å². The third-order valence-corrected chi connectivity index (χ3v) is 10.8. The molecule has 1 aromatic carbocycles. The number of oxazole rings is 2. The molecular weight excluding hydrogens is 462 g/mol. The molecule has 0 bridgehead atoms. The summed E-state index contributed by atoms with van der Waals surface area (Å²) in [4.78, 5) is 21.3. The number of nitrogens with zero attached hydrogens (tertiary/aromatic N) is 4. The molecule has 3 aromatic heterocycles. The summed E-state index contributed by atoms with van der Waals surface area (Å²) in [5.41, 5.74) is 0.968. The third-order valence-electron chi connectivity index (χ3n) is 6.22. The van der Waals surface area contributed by atoms with Crippen molar-refractivity contribution in [1.29, 1.82) is 0 Å². The van der Waals surface area contributed by atoms with Crippen LogP contribution >= 0.6 is 0 Å². The van der Waals surface area contributed by atoms with E-state index in [2.05, 4.69) is 54.2 Å². The molecule has 0 aliphatic carbocycles. The monoisotopic (exact) mass is 493 g/mol. The minimum Gasteiger partial charge on any atom is -0.443 e. The summed E-state index contributed by atoms with van der Waals surface area (Å²) in [7, 11) is -1.95. The number of hydrogen-bond acceptors (Lipinski definition) is 7. The van der Waals surface area contributed by atoms with E-state index >= 15 is 0 Å². The minimum atomic E-state index is -1.95. The van der Waals surface area contributed by atoms with E-state index in [0.717, 1.165) is 5.56 Å². The number of amides is 1. The first-order valence-corrected chi connectivity index (χ1v) is 14.4. The average Bonchev–Trinajstić information content (AvgIpc) is 3.54. The van der Waals surface area contributed by atoms with Gasteiger partial charge in [0.15, 0.2) is 32.0 Å².